The molecular formula is C27H32N2O3S. The van der Waals surface area contributed by atoms with E-state index < -0.39 is 10.0 Å². The third kappa shape index (κ3) is 6.02. The van der Waals surface area contributed by atoms with Gasteiger partial charge in [-0.3, -0.25) is 0 Å². The first-order valence-electron chi connectivity index (χ1n) is 11.5. The molecule has 6 heteroatoms. The quantitative estimate of drug-likeness (QED) is 0.491. The predicted molar refractivity (Wildman–Crippen MR) is 133 cm³/mol. The maximum Gasteiger partial charge on any atom is 0.240 e. The Hall–Kier alpha value is -2.67. The third-order valence-corrected chi connectivity index (χ3v) is 7.87. The summed E-state index contributed by atoms with van der Waals surface area (Å²) in [6.45, 7) is 4.86. The van der Waals surface area contributed by atoms with Crippen LogP contribution in [0.25, 0.3) is 11.1 Å². The van der Waals surface area contributed by atoms with Gasteiger partial charge in [-0.25, -0.2) is 13.1 Å². The molecule has 3 aromatic rings. The van der Waals surface area contributed by atoms with Crippen LogP contribution < -0.4 is 9.46 Å². The van der Waals surface area contributed by atoms with Crippen molar-refractivity contribution in [1.82, 2.24) is 9.62 Å². The van der Waals surface area contributed by atoms with Crippen molar-refractivity contribution in [3.05, 3.63) is 83.9 Å². The van der Waals surface area contributed by atoms with E-state index in [-0.39, 0.29) is 11.4 Å². The Morgan fingerprint density at radius 3 is 2.09 bits per heavy atom. The van der Waals surface area contributed by atoms with Crippen molar-refractivity contribution in [3.63, 3.8) is 0 Å². The highest BCUT2D eigenvalue weighted by atomic mass is 32.2. The number of nitrogens with one attached hydrogen (secondary N) is 1. The molecule has 0 spiro atoms. The molecule has 1 N–H and O–H groups in total. The zero-order valence-electron chi connectivity index (χ0n) is 19.3. The smallest absolute Gasteiger partial charge is 0.240 e. The Balaban J connectivity index is 1.35. The molecule has 1 saturated heterocycles. The highest BCUT2D eigenvalue weighted by Gasteiger charge is 2.19. The number of hydrogen-bond acceptors (Lipinski definition) is 4. The largest absolute Gasteiger partial charge is 0.497 e. The molecule has 0 aliphatic carbocycles. The number of nitrogens with zero attached hydrogens (tertiary/aromatic N) is 1. The zero-order valence-corrected chi connectivity index (χ0v) is 20.1. The molecular weight excluding hydrogens is 432 g/mol. The molecule has 174 valence electrons. The minimum absolute atomic E-state index is 0.228. The lowest BCUT2D eigenvalue weighted by Gasteiger charge is -2.20. The fourth-order valence-electron chi connectivity index (χ4n) is 4.29. The molecule has 1 fully saturated rings. The topological polar surface area (TPSA) is 58.6 Å². The van der Waals surface area contributed by atoms with Gasteiger partial charge in [-0.1, -0.05) is 48.5 Å². The maximum atomic E-state index is 12.7. The van der Waals surface area contributed by atoms with E-state index in [1.807, 2.05) is 36.4 Å². The van der Waals surface area contributed by atoms with E-state index in [9.17, 15) is 8.42 Å². The first-order chi connectivity index (χ1) is 15.9. The Labute approximate surface area is 197 Å². The van der Waals surface area contributed by atoms with Crippen LogP contribution in [0.15, 0.2) is 77.7 Å². The highest BCUT2D eigenvalue weighted by Crippen LogP contribution is 2.23. The number of sulfonamides is 1. The van der Waals surface area contributed by atoms with Gasteiger partial charge in [0.15, 0.2) is 0 Å². The van der Waals surface area contributed by atoms with Gasteiger partial charge in [-0.15, -0.1) is 0 Å². The third-order valence-electron chi connectivity index (χ3n) is 6.46. The molecule has 0 saturated carbocycles. The van der Waals surface area contributed by atoms with E-state index in [1.54, 1.807) is 19.2 Å². The summed E-state index contributed by atoms with van der Waals surface area (Å²) in [5.74, 6) is 0.742. The monoisotopic (exact) mass is 464 g/mol. The van der Waals surface area contributed by atoms with Crippen molar-refractivity contribution in [3.8, 4) is 16.9 Å². The van der Waals surface area contributed by atoms with Crippen molar-refractivity contribution < 1.29 is 13.2 Å². The van der Waals surface area contributed by atoms with Gasteiger partial charge in [0, 0.05) is 19.1 Å². The molecule has 33 heavy (non-hydrogen) atoms. The van der Waals surface area contributed by atoms with E-state index in [2.05, 4.69) is 40.8 Å². The Kier molecular flexibility index (Phi) is 7.48. The van der Waals surface area contributed by atoms with Crippen LogP contribution in [0.4, 0.5) is 0 Å². The minimum Gasteiger partial charge on any atom is -0.497 e. The standard InChI is InChI=1S/C27H32N2O3S/c1-21-4-3-18-29(21)19-17-22-5-9-24(10-6-22)25-11-15-27(16-12-25)33(30,31)28-20-23-7-13-26(32-2)14-8-23/h5-16,21,28H,3-4,17-20H2,1-2H3/t21-/m1/s1. The second-order valence-electron chi connectivity index (χ2n) is 8.67. The lowest BCUT2D eigenvalue weighted by molar-refractivity contribution is 0.272. The maximum absolute atomic E-state index is 12.7. The normalized spacial score (nSPS) is 16.7. The molecule has 4 rings (SSSR count). The summed E-state index contributed by atoms with van der Waals surface area (Å²) in [5.41, 5.74) is 4.29. The molecule has 5 nitrogen and oxygen atoms in total. The number of hydrogen-bond donors (Lipinski definition) is 1. The van der Waals surface area contributed by atoms with Gasteiger partial charge in [-0.05, 0) is 79.3 Å². The lowest BCUT2D eigenvalue weighted by Crippen LogP contribution is -2.28. The Morgan fingerprint density at radius 2 is 1.52 bits per heavy atom. The second kappa shape index (κ2) is 10.5. The van der Waals surface area contributed by atoms with E-state index in [4.69, 9.17) is 4.74 Å². The number of benzene rings is 3. The van der Waals surface area contributed by atoms with E-state index in [0.717, 1.165) is 35.4 Å². The van der Waals surface area contributed by atoms with Crippen LogP contribution in [0.2, 0.25) is 0 Å². The average molecular weight is 465 g/mol. The van der Waals surface area contributed by atoms with Crippen LogP contribution in [-0.2, 0) is 23.0 Å². The minimum atomic E-state index is -3.59. The SMILES string of the molecule is COc1ccc(CNS(=O)(=O)c2ccc(-c3ccc(CCN4CCC[C@H]4C)cc3)cc2)cc1. The zero-order chi connectivity index (χ0) is 23.3. The number of ether oxygens (including phenoxy) is 1. The van der Waals surface area contributed by atoms with Gasteiger partial charge in [0.05, 0.1) is 12.0 Å². The molecule has 1 aliphatic rings. The summed E-state index contributed by atoms with van der Waals surface area (Å²) in [7, 11) is -1.98. The van der Waals surface area contributed by atoms with Crippen LogP contribution in [-0.4, -0.2) is 39.6 Å². The van der Waals surface area contributed by atoms with Crippen LogP contribution >= 0.6 is 0 Å². The molecule has 0 aromatic heterocycles. The van der Waals surface area contributed by atoms with Gasteiger partial charge < -0.3 is 9.64 Å². The first-order valence-corrected chi connectivity index (χ1v) is 13.0. The van der Waals surface area contributed by atoms with E-state index >= 15 is 0 Å². The molecule has 0 amide bonds. The first kappa shape index (κ1) is 23.5. The van der Waals surface area contributed by atoms with Gasteiger partial charge in [0.2, 0.25) is 10.0 Å². The summed E-state index contributed by atoms with van der Waals surface area (Å²) >= 11 is 0. The summed E-state index contributed by atoms with van der Waals surface area (Å²) in [4.78, 5) is 2.83. The summed E-state index contributed by atoms with van der Waals surface area (Å²) in [5, 5.41) is 0. The molecule has 1 aliphatic heterocycles. The number of methoxy groups -OCH3 is 1. The summed E-state index contributed by atoms with van der Waals surface area (Å²) < 4.78 is 33.2. The fraction of sp³-hybridized carbons (Fsp3) is 0.333. The van der Waals surface area contributed by atoms with Crippen molar-refractivity contribution in [1.29, 1.82) is 0 Å². The van der Waals surface area contributed by atoms with E-state index in [0.29, 0.717) is 6.04 Å². The summed E-state index contributed by atoms with van der Waals surface area (Å²) in [6.07, 6.45) is 3.67. The van der Waals surface area contributed by atoms with Crippen molar-refractivity contribution >= 4 is 10.0 Å². The van der Waals surface area contributed by atoms with Crippen LogP contribution in [0.5, 0.6) is 5.75 Å². The van der Waals surface area contributed by atoms with Crippen molar-refractivity contribution in [2.45, 2.75) is 43.7 Å². The van der Waals surface area contributed by atoms with Crippen molar-refractivity contribution in [2.24, 2.45) is 0 Å². The molecule has 0 bridgehead atoms. The van der Waals surface area contributed by atoms with Crippen molar-refractivity contribution in [2.75, 3.05) is 20.2 Å². The van der Waals surface area contributed by atoms with Crippen LogP contribution in [0.3, 0.4) is 0 Å². The number of rotatable bonds is 9. The van der Waals surface area contributed by atoms with Gasteiger partial charge >= 0.3 is 0 Å². The predicted octanol–water partition coefficient (Wildman–Crippen LogP) is 4.87. The van der Waals surface area contributed by atoms with Gasteiger partial charge in [-0.2, -0.15) is 0 Å². The molecule has 3 aromatic carbocycles. The van der Waals surface area contributed by atoms with Gasteiger partial charge in [0.25, 0.3) is 0 Å². The van der Waals surface area contributed by atoms with Gasteiger partial charge in [0.1, 0.15) is 5.75 Å². The molecule has 0 unspecified atom stereocenters. The summed E-state index contributed by atoms with van der Waals surface area (Å²) in [6, 6.07) is 23.7. The second-order valence-corrected chi connectivity index (χ2v) is 10.4. The molecule has 0 radical (unpaired) electrons. The fourth-order valence-corrected chi connectivity index (χ4v) is 5.31. The molecule has 1 atom stereocenters. The highest BCUT2D eigenvalue weighted by molar-refractivity contribution is 7.89. The number of likely N-dealkylation sites (tertiary alicyclic amines) is 1. The lowest BCUT2D eigenvalue weighted by atomic mass is 10.0. The van der Waals surface area contributed by atoms with E-state index in [1.165, 1.54) is 24.9 Å². The Morgan fingerprint density at radius 1 is 0.909 bits per heavy atom. The Bertz CT molecular complexity index is 1140. The van der Waals surface area contributed by atoms with Crippen LogP contribution in [0.1, 0.15) is 30.9 Å². The average Bonchev–Trinajstić information content (AvgIpc) is 3.27. The van der Waals surface area contributed by atoms with Crippen LogP contribution in [0, 0.1) is 0 Å². The molecule has 1 heterocycles.